The summed E-state index contributed by atoms with van der Waals surface area (Å²) in [6.07, 6.45) is 7.27. The maximum absolute atomic E-state index is 13.5. The predicted octanol–water partition coefficient (Wildman–Crippen LogP) is 4.31. The average Bonchev–Trinajstić information content (AvgIpc) is 3.43. The second-order valence-electron chi connectivity index (χ2n) is 8.33. The molecule has 1 N–H and O–H groups in total. The number of methoxy groups -OCH3 is 1. The summed E-state index contributed by atoms with van der Waals surface area (Å²) < 4.78 is 11.3. The van der Waals surface area contributed by atoms with Gasteiger partial charge in [-0.25, -0.2) is 0 Å². The van der Waals surface area contributed by atoms with E-state index in [4.69, 9.17) is 9.47 Å². The lowest BCUT2D eigenvalue weighted by molar-refractivity contribution is -0.146. The van der Waals surface area contributed by atoms with Crippen LogP contribution in [0.5, 0.6) is 11.5 Å². The van der Waals surface area contributed by atoms with Gasteiger partial charge in [0, 0.05) is 24.5 Å². The van der Waals surface area contributed by atoms with Gasteiger partial charge in [0.1, 0.15) is 11.5 Å². The second-order valence-corrected chi connectivity index (χ2v) is 8.33. The Labute approximate surface area is 182 Å². The molecule has 0 aliphatic carbocycles. The van der Waals surface area contributed by atoms with Crippen LogP contribution in [0.15, 0.2) is 48.9 Å². The first-order valence-electron chi connectivity index (χ1n) is 10.5. The number of aromatic amines is 1. The van der Waals surface area contributed by atoms with Gasteiger partial charge in [-0.3, -0.25) is 14.9 Å². The van der Waals surface area contributed by atoms with Crippen molar-refractivity contribution in [3.05, 3.63) is 60.2 Å². The van der Waals surface area contributed by atoms with E-state index < -0.39 is 5.60 Å². The molecule has 31 heavy (non-hydrogen) atoms. The first-order valence-corrected chi connectivity index (χ1v) is 10.5. The Kier molecular flexibility index (Phi) is 5.67. The van der Waals surface area contributed by atoms with E-state index in [2.05, 4.69) is 15.2 Å². The van der Waals surface area contributed by atoms with Crippen LogP contribution in [-0.4, -0.2) is 45.2 Å². The number of amides is 1. The molecule has 1 saturated heterocycles. The van der Waals surface area contributed by atoms with Gasteiger partial charge in [-0.05, 0) is 75.1 Å². The molecule has 1 aliphatic rings. The summed E-state index contributed by atoms with van der Waals surface area (Å²) in [5.41, 5.74) is 3.11. The van der Waals surface area contributed by atoms with Crippen molar-refractivity contribution in [2.75, 3.05) is 13.7 Å². The normalized spacial score (nSPS) is 16.4. The number of H-pyrrole nitrogens is 1. The van der Waals surface area contributed by atoms with Crippen LogP contribution in [-0.2, 0) is 4.79 Å². The lowest BCUT2D eigenvalue weighted by atomic mass is 9.98. The standard InChI is InChI=1S/C24H28N4O3/c1-16-14-25-12-11-19(16)20-15-26-27-22(20)21-6-5-13-28(21)23(29)24(2,3)31-18-9-7-17(30-4)8-10-18/h7-12,14-15,21H,5-6,13H2,1-4H3,(H,26,27)/t21-/m1/s1. The summed E-state index contributed by atoms with van der Waals surface area (Å²) in [5.74, 6) is 1.33. The number of carbonyl (C=O) groups excluding carboxylic acids is 1. The fourth-order valence-electron chi connectivity index (χ4n) is 4.18. The van der Waals surface area contributed by atoms with Crippen molar-refractivity contribution in [3.8, 4) is 22.6 Å². The highest BCUT2D eigenvalue weighted by Gasteiger charge is 2.41. The first kappa shape index (κ1) is 20.9. The largest absolute Gasteiger partial charge is 0.497 e. The van der Waals surface area contributed by atoms with Crippen molar-refractivity contribution < 1.29 is 14.3 Å². The summed E-state index contributed by atoms with van der Waals surface area (Å²) in [5, 5.41) is 7.45. The fraction of sp³-hybridized carbons (Fsp3) is 0.375. The number of hydrogen-bond donors (Lipinski definition) is 1. The molecule has 1 fully saturated rings. The van der Waals surface area contributed by atoms with Crippen molar-refractivity contribution in [3.63, 3.8) is 0 Å². The number of ether oxygens (including phenoxy) is 2. The van der Waals surface area contributed by atoms with Gasteiger partial charge in [0.15, 0.2) is 5.60 Å². The molecule has 0 unspecified atom stereocenters. The number of rotatable bonds is 6. The predicted molar refractivity (Wildman–Crippen MR) is 118 cm³/mol. The lowest BCUT2D eigenvalue weighted by Crippen LogP contribution is -2.48. The molecule has 7 nitrogen and oxygen atoms in total. The van der Waals surface area contributed by atoms with Gasteiger partial charge in [0.05, 0.1) is 25.0 Å². The summed E-state index contributed by atoms with van der Waals surface area (Å²) in [4.78, 5) is 19.6. The van der Waals surface area contributed by atoms with Gasteiger partial charge >= 0.3 is 0 Å². The molecule has 0 spiro atoms. The highest BCUT2D eigenvalue weighted by molar-refractivity contribution is 5.86. The Morgan fingerprint density at radius 2 is 1.87 bits per heavy atom. The third-order valence-electron chi connectivity index (χ3n) is 5.77. The number of pyridine rings is 1. The maximum Gasteiger partial charge on any atom is 0.266 e. The number of likely N-dealkylation sites (tertiary alicyclic amines) is 1. The zero-order valence-electron chi connectivity index (χ0n) is 18.4. The number of hydrogen-bond acceptors (Lipinski definition) is 5. The number of nitrogens with zero attached hydrogens (tertiary/aromatic N) is 3. The fourth-order valence-corrected chi connectivity index (χ4v) is 4.18. The van der Waals surface area contributed by atoms with Crippen LogP contribution in [0.1, 0.15) is 44.0 Å². The van der Waals surface area contributed by atoms with Gasteiger partial charge in [0.2, 0.25) is 0 Å². The van der Waals surface area contributed by atoms with Crippen LogP contribution in [0.4, 0.5) is 0 Å². The molecule has 1 aromatic carbocycles. The van der Waals surface area contributed by atoms with Crippen LogP contribution in [0, 0.1) is 6.92 Å². The number of benzene rings is 1. The molecular weight excluding hydrogens is 392 g/mol. The van der Waals surface area contributed by atoms with Crippen LogP contribution in [0.2, 0.25) is 0 Å². The molecule has 4 rings (SSSR count). The molecule has 0 bridgehead atoms. The molecule has 162 valence electrons. The third-order valence-corrected chi connectivity index (χ3v) is 5.77. The van der Waals surface area contributed by atoms with Gasteiger partial charge in [-0.15, -0.1) is 0 Å². The van der Waals surface area contributed by atoms with Crippen molar-refractivity contribution in [1.82, 2.24) is 20.1 Å². The first-order chi connectivity index (χ1) is 14.9. The maximum atomic E-state index is 13.5. The molecular formula is C24H28N4O3. The van der Waals surface area contributed by atoms with E-state index in [9.17, 15) is 4.79 Å². The highest BCUT2D eigenvalue weighted by Crippen LogP contribution is 2.38. The van der Waals surface area contributed by atoms with Crippen molar-refractivity contribution in [2.24, 2.45) is 0 Å². The SMILES string of the molecule is COc1ccc(OC(C)(C)C(=O)N2CCC[C@@H]2c2[nH]ncc2-c2ccncc2C)cc1. The van der Waals surface area contributed by atoms with Gasteiger partial charge in [-0.2, -0.15) is 5.10 Å². The molecule has 1 amide bonds. The molecule has 7 heteroatoms. The quantitative estimate of drug-likeness (QED) is 0.643. The molecule has 0 radical (unpaired) electrons. The number of nitrogens with one attached hydrogen (secondary N) is 1. The smallest absolute Gasteiger partial charge is 0.266 e. The van der Waals surface area contributed by atoms with E-state index in [0.29, 0.717) is 12.3 Å². The van der Waals surface area contributed by atoms with Crippen molar-refractivity contribution in [1.29, 1.82) is 0 Å². The monoisotopic (exact) mass is 420 g/mol. The number of aromatic nitrogens is 3. The van der Waals surface area contributed by atoms with E-state index in [1.165, 1.54) is 0 Å². The van der Waals surface area contributed by atoms with Gasteiger partial charge in [-0.1, -0.05) is 0 Å². The zero-order chi connectivity index (χ0) is 22.0. The van der Waals surface area contributed by atoms with E-state index in [1.54, 1.807) is 13.3 Å². The summed E-state index contributed by atoms with van der Waals surface area (Å²) >= 11 is 0. The minimum Gasteiger partial charge on any atom is -0.497 e. The van der Waals surface area contributed by atoms with Crippen LogP contribution < -0.4 is 9.47 Å². The van der Waals surface area contributed by atoms with Gasteiger partial charge in [0.25, 0.3) is 5.91 Å². The van der Waals surface area contributed by atoms with E-state index in [0.717, 1.165) is 41.0 Å². The van der Waals surface area contributed by atoms with E-state index in [-0.39, 0.29) is 11.9 Å². The van der Waals surface area contributed by atoms with E-state index in [1.807, 2.05) is 68.4 Å². The van der Waals surface area contributed by atoms with Crippen molar-refractivity contribution >= 4 is 5.91 Å². The number of aryl methyl sites for hydroxylation is 1. The summed E-state index contributed by atoms with van der Waals surface area (Å²) in [6, 6.07) is 9.19. The Morgan fingerprint density at radius 1 is 1.13 bits per heavy atom. The van der Waals surface area contributed by atoms with Crippen LogP contribution >= 0.6 is 0 Å². The lowest BCUT2D eigenvalue weighted by Gasteiger charge is -2.33. The Morgan fingerprint density at radius 3 is 2.58 bits per heavy atom. The number of carbonyl (C=O) groups is 1. The van der Waals surface area contributed by atoms with Gasteiger partial charge < -0.3 is 14.4 Å². The molecule has 3 aromatic rings. The third kappa shape index (κ3) is 4.13. The summed E-state index contributed by atoms with van der Waals surface area (Å²) in [7, 11) is 1.62. The Bertz CT molecular complexity index is 1060. The Balaban J connectivity index is 1.58. The molecule has 3 heterocycles. The Hall–Kier alpha value is -3.35. The van der Waals surface area contributed by atoms with E-state index >= 15 is 0 Å². The molecule has 1 atom stereocenters. The zero-order valence-corrected chi connectivity index (χ0v) is 18.4. The molecule has 1 aliphatic heterocycles. The minimum absolute atomic E-state index is 0.0437. The average molecular weight is 421 g/mol. The highest BCUT2D eigenvalue weighted by atomic mass is 16.5. The van der Waals surface area contributed by atoms with Crippen LogP contribution in [0.3, 0.4) is 0 Å². The summed E-state index contributed by atoms with van der Waals surface area (Å²) in [6.45, 7) is 6.35. The minimum atomic E-state index is -1.01. The molecule has 0 saturated carbocycles. The topological polar surface area (TPSA) is 80.3 Å². The van der Waals surface area contributed by atoms with Crippen molar-refractivity contribution in [2.45, 2.75) is 45.3 Å². The van der Waals surface area contributed by atoms with Crippen LogP contribution in [0.25, 0.3) is 11.1 Å². The second kappa shape index (κ2) is 8.41. The molecule has 2 aromatic heterocycles.